The second-order valence-corrected chi connectivity index (χ2v) is 7.30. The van der Waals surface area contributed by atoms with Crippen molar-refractivity contribution in [3.8, 4) is 0 Å². The van der Waals surface area contributed by atoms with Gasteiger partial charge in [0, 0.05) is 12.6 Å². The zero-order valence-corrected chi connectivity index (χ0v) is 10.8. The van der Waals surface area contributed by atoms with E-state index >= 15 is 0 Å². The molecule has 1 aliphatic heterocycles. The first-order valence-corrected chi connectivity index (χ1v) is 7.09. The molecular weight excluding hydrogens is 198 g/mol. The summed E-state index contributed by atoms with van der Waals surface area (Å²) in [5.41, 5.74) is 0. The van der Waals surface area contributed by atoms with Gasteiger partial charge in [-0.1, -0.05) is 13.8 Å². The molecular formula is C10H21NS2. The van der Waals surface area contributed by atoms with Crippen molar-refractivity contribution in [2.45, 2.75) is 37.3 Å². The van der Waals surface area contributed by atoms with Gasteiger partial charge >= 0.3 is 0 Å². The average molecular weight is 219 g/mol. The van der Waals surface area contributed by atoms with E-state index in [1.807, 2.05) is 0 Å². The van der Waals surface area contributed by atoms with Crippen LogP contribution in [0.25, 0.3) is 0 Å². The van der Waals surface area contributed by atoms with Gasteiger partial charge in [-0.15, -0.1) is 23.5 Å². The van der Waals surface area contributed by atoms with Crippen molar-refractivity contribution < 1.29 is 0 Å². The monoisotopic (exact) mass is 219 g/mol. The van der Waals surface area contributed by atoms with Crippen LogP contribution in [0.15, 0.2) is 0 Å². The fourth-order valence-corrected chi connectivity index (χ4v) is 5.38. The van der Waals surface area contributed by atoms with Gasteiger partial charge < -0.3 is 4.90 Å². The summed E-state index contributed by atoms with van der Waals surface area (Å²) < 4.78 is 0.498. The van der Waals surface area contributed by atoms with Crippen molar-refractivity contribution in [2.75, 3.05) is 25.1 Å². The van der Waals surface area contributed by atoms with E-state index in [-0.39, 0.29) is 0 Å². The number of thioether (sulfide) groups is 2. The lowest BCUT2D eigenvalue weighted by atomic mass is 10.2. The van der Waals surface area contributed by atoms with Gasteiger partial charge in [0.25, 0.3) is 0 Å². The van der Waals surface area contributed by atoms with Crippen molar-refractivity contribution in [3.63, 3.8) is 0 Å². The van der Waals surface area contributed by atoms with Crippen LogP contribution in [0.1, 0.15) is 27.2 Å². The lowest BCUT2D eigenvalue weighted by Crippen LogP contribution is -2.26. The number of hydrogen-bond acceptors (Lipinski definition) is 3. The molecule has 1 fully saturated rings. The third-order valence-electron chi connectivity index (χ3n) is 2.66. The summed E-state index contributed by atoms with van der Waals surface area (Å²) in [4.78, 5) is 2.49. The van der Waals surface area contributed by atoms with Crippen LogP contribution in [-0.4, -0.2) is 40.1 Å². The number of hydrogen-bond donors (Lipinski definition) is 0. The molecule has 1 atom stereocenters. The smallest absolute Gasteiger partial charge is 0.0751 e. The van der Waals surface area contributed by atoms with Gasteiger partial charge in [-0.05, 0) is 31.9 Å². The van der Waals surface area contributed by atoms with E-state index in [1.165, 1.54) is 24.5 Å². The van der Waals surface area contributed by atoms with Gasteiger partial charge in [-0.3, -0.25) is 0 Å². The lowest BCUT2D eigenvalue weighted by Gasteiger charge is -2.26. The number of nitrogens with zero attached hydrogens (tertiary/aromatic N) is 1. The van der Waals surface area contributed by atoms with Gasteiger partial charge in [-0.25, -0.2) is 0 Å². The Balaban J connectivity index is 2.58. The molecule has 78 valence electrons. The second-order valence-electron chi connectivity index (χ2n) is 3.74. The van der Waals surface area contributed by atoms with Crippen molar-refractivity contribution >= 4 is 23.5 Å². The van der Waals surface area contributed by atoms with Crippen molar-refractivity contribution in [1.29, 1.82) is 0 Å². The molecule has 0 aromatic heterocycles. The van der Waals surface area contributed by atoms with Crippen LogP contribution in [0, 0.1) is 0 Å². The molecule has 1 unspecified atom stereocenters. The Morgan fingerprint density at radius 1 is 1.31 bits per heavy atom. The largest absolute Gasteiger partial charge is 0.301 e. The fourth-order valence-electron chi connectivity index (χ4n) is 1.98. The maximum absolute atomic E-state index is 2.49. The molecule has 0 aromatic rings. The highest BCUT2D eigenvalue weighted by Gasteiger charge is 2.40. The average Bonchev–Trinajstić information content (AvgIpc) is 2.29. The van der Waals surface area contributed by atoms with Crippen molar-refractivity contribution in [1.82, 2.24) is 4.90 Å². The van der Waals surface area contributed by atoms with Crippen molar-refractivity contribution in [2.24, 2.45) is 0 Å². The lowest BCUT2D eigenvalue weighted by molar-refractivity contribution is 0.330. The van der Waals surface area contributed by atoms with Crippen LogP contribution in [0.4, 0.5) is 0 Å². The molecule has 0 N–H and O–H groups in total. The van der Waals surface area contributed by atoms with Crippen LogP contribution in [0.3, 0.4) is 0 Å². The highest BCUT2D eigenvalue weighted by Crippen LogP contribution is 2.46. The fraction of sp³-hybridized carbons (Fsp3) is 1.00. The minimum atomic E-state index is 0.498. The normalized spacial score (nSPS) is 28.2. The molecule has 0 bridgehead atoms. The maximum Gasteiger partial charge on any atom is 0.0751 e. The molecule has 0 saturated carbocycles. The third-order valence-corrected chi connectivity index (χ3v) is 5.59. The summed E-state index contributed by atoms with van der Waals surface area (Å²) in [6, 6.07) is 0.762. The van der Waals surface area contributed by atoms with Gasteiger partial charge in [0.2, 0.25) is 0 Å². The Labute approximate surface area is 91.0 Å². The van der Waals surface area contributed by atoms with Crippen LogP contribution < -0.4 is 0 Å². The predicted molar refractivity (Wildman–Crippen MR) is 65.7 cm³/mol. The molecule has 1 rings (SSSR count). The van der Waals surface area contributed by atoms with Gasteiger partial charge in [0.05, 0.1) is 4.08 Å². The van der Waals surface area contributed by atoms with E-state index in [1.54, 1.807) is 0 Å². The van der Waals surface area contributed by atoms with E-state index in [4.69, 9.17) is 0 Å². The molecule has 1 saturated heterocycles. The Morgan fingerprint density at radius 2 is 1.85 bits per heavy atom. The Kier molecular flexibility index (Phi) is 4.46. The first kappa shape index (κ1) is 11.7. The summed E-state index contributed by atoms with van der Waals surface area (Å²) in [7, 11) is 2.25. The minimum absolute atomic E-state index is 0.498. The summed E-state index contributed by atoms with van der Waals surface area (Å²) >= 11 is 4.28. The molecule has 0 aliphatic carbocycles. The standard InChI is InChI=1S/C10H21NS2/c1-5-12-10(13-6-2)7-9(3)11(4)8-10/h9H,5-8H2,1-4H3. The third kappa shape index (κ3) is 2.80. The SMILES string of the molecule is CCSC1(SCC)CC(C)N(C)C1. The summed E-state index contributed by atoms with van der Waals surface area (Å²) in [6.45, 7) is 8.14. The topological polar surface area (TPSA) is 3.24 Å². The van der Waals surface area contributed by atoms with Gasteiger partial charge in [-0.2, -0.15) is 0 Å². The van der Waals surface area contributed by atoms with Gasteiger partial charge in [0.1, 0.15) is 0 Å². The molecule has 0 radical (unpaired) electrons. The zero-order valence-electron chi connectivity index (χ0n) is 9.17. The predicted octanol–water partition coefficient (Wildman–Crippen LogP) is 2.91. The molecule has 1 heterocycles. The Morgan fingerprint density at radius 3 is 2.15 bits per heavy atom. The maximum atomic E-state index is 2.49. The van der Waals surface area contributed by atoms with E-state index in [0.717, 1.165) is 6.04 Å². The molecule has 0 aromatic carbocycles. The van der Waals surface area contributed by atoms with Crippen molar-refractivity contribution in [3.05, 3.63) is 0 Å². The van der Waals surface area contributed by atoms with Gasteiger partial charge in [0.15, 0.2) is 0 Å². The second kappa shape index (κ2) is 4.94. The van der Waals surface area contributed by atoms with E-state index in [0.29, 0.717) is 4.08 Å². The highest BCUT2D eigenvalue weighted by molar-refractivity contribution is 8.18. The first-order valence-electron chi connectivity index (χ1n) is 5.11. The molecule has 0 amide bonds. The number of likely N-dealkylation sites (tertiary alicyclic amines) is 1. The van der Waals surface area contributed by atoms with E-state index in [9.17, 15) is 0 Å². The van der Waals surface area contributed by atoms with Crippen LogP contribution in [0.5, 0.6) is 0 Å². The zero-order chi connectivity index (χ0) is 9.90. The van der Waals surface area contributed by atoms with E-state index in [2.05, 4.69) is 56.2 Å². The molecule has 1 nitrogen and oxygen atoms in total. The molecule has 13 heavy (non-hydrogen) atoms. The Bertz CT molecular complexity index is 143. The van der Waals surface area contributed by atoms with Crippen LogP contribution in [0.2, 0.25) is 0 Å². The molecule has 3 heteroatoms. The Hall–Kier alpha value is 0.660. The highest BCUT2D eigenvalue weighted by atomic mass is 32.2. The van der Waals surface area contributed by atoms with Crippen LogP contribution in [-0.2, 0) is 0 Å². The minimum Gasteiger partial charge on any atom is -0.301 e. The molecule has 0 spiro atoms. The molecule has 1 aliphatic rings. The van der Waals surface area contributed by atoms with E-state index < -0.39 is 0 Å². The number of rotatable bonds is 4. The summed E-state index contributed by atoms with van der Waals surface area (Å²) in [6.07, 6.45) is 1.35. The first-order chi connectivity index (χ1) is 6.13. The summed E-state index contributed by atoms with van der Waals surface area (Å²) in [5, 5.41) is 0. The van der Waals surface area contributed by atoms with Crippen LogP contribution >= 0.6 is 23.5 Å². The quantitative estimate of drug-likeness (QED) is 0.669. The summed E-state index contributed by atoms with van der Waals surface area (Å²) in [5.74, 6) is 2.49.